The number of hydrogen-bond donors (Lipinski definition) is 0. The molecule has 0 bridgehead atoms. The zero-order valence-electron chi connectivity index (χ0n) is 13.3. The van der Waals surface area contributed by atoms with E-state index in [1.54, 1.807) is 17.7 Å². The van der Waals surface area contributed by atoms with Gasteiger partial charge in [0.1, 0.15) is 17.0 Å². The molecule has 1 fully saturated rings. The molecule has 120 valence electrons. The molecule has 0 spiro atoms. The molecule has 0 aliphatic carbocycles. The maximum atomic E-state index is 5.14. The van der Waals surface area contributed by atoms with Gasteiger partial charge in [0.05, 0.1) is 5.39 Å². The number of fused-ring (bicyclic) bond motifs is 1. The Labute approximate surface area is 138 Å². The van der Waals surface area contributed by atoms with E-state index < -0.39 is 0 Å². The maximum Gasteiger partial charge on any atom is 0.223 e. The minimum atomic E-state index is 0.301. The second kappa shape index (κ2) is 5.88. The minimum absolute atomic E-state index is 0.301. The van der Waals surface area contributed by atoms with Crippen molar-refractivity contribution in [2.45, 2.75) is 39.0 Å². The lowest BCUT2D eigenvalue weighted by Crippen LogP contribution is -2.35. The van der Waals surface area contributed by atoms with Gasteiger partial charge in [0.2, 0.25) is 5.89 Å². The Kier molecular flexibility index (Phi) is 3.72. The van der Waals surface area contributed by atoms with Gasteiger partial charge < -0.3 is 9.42 Å². The van der Waals surface area contributed by atoms with Gasteiger partial charge in [-0.25, -0.2) is 9.97 Å². The smallest absolute Gasteiger partial charge is 0.223 e. The van der Waals surface area contributed by atoms with Crippen LogP contribution in [0, 0.1) is 6.92 Å². The zero-order chi connectivity index (χ0) is 15.8. The lowest BCUT2D eigenvalue weighted by molar-refractivity contribution is 0.377. The van der Waals surface area contributed by atoms with E-state index >= 15 is 0 Å². The highest BCUT2D eigenvalue weighted by atomic mass is 32.1. The van der Waals surface area contributed by atoms with Gasteiger partial charge in [-0.3, -0.25) is 0 Å². The lowest BCUT2D eigenvalue weighted by Gasteiger charge is -2.32. The Morgan fingerprint density at radius 2 is 2.30 bits per heavy atom. The molecule has 7 heteroatoms. The molecule has 1 aliphatic heterocycles. The van der Waals surface area contributed by atoms with Crippen LogP contribution in [0.2, 0.25) is 0 Å². The number of anilines is 1. The monoisotopic (exact) mass is 329 g/mol. The second-order valence-corrected chi connectivity index (χ2v) is 7.05. The van der Waals surface area contributed by atoms with E-state index in [1.165, 1.54) is 10.3 Å². The van der Waals surface area contributed by atoms with Crippen LogP contribution < -0.4 is 4.90 Å². The average molecular weight is 329 g/mol. The summed E-state index contributed by atoms with van der Waals surface area (Å²) in [7, 11) is 0. The normalized spacial score (nSPS) is 18.7. The van der Waals surface area contributed by atoms with Crippen molar-refractivity contribution >= 4 is 27.4 Å². The number of thiophene rings is 1. The quantitative estimate of drug-likeness (QED) is 0.734. The van der Waals surface area contributed by atoms with Crippen LogP contribution >= 0.6 is 11.3 Å². The molecule has 6 nitrogen and oxygen atoms in total. The molecule has 0 unspecified atom stereocenters. The predicted molar refractivity (Wildman–Crippen MR) is 90.0 cm³/mol. The fourth-order valence-electron chi connectivity index (χ4n) is 3.18. The third kappa shape index (κ3) is 2.69. The van der Waals surface area contributed by atoms with Crippen molar-refractivity contribution in [3.63, 3.8) is 0 Å². The van der Waals surface area contributed by atoms with Gasteiger partial charge in [0.15, 0.2) is 5.82 Å². The number of rotatable bonds is 3. The van der Waals surface area contributed by atoms with Gasteiger partial charge in [0.25, 0.3) is 0 Å². The number of piperidine rings is 1. The van der Waals surface area contributed by atoms with Crippen LogP contribution in [-0.4, -0.2) is 33.2 Å². The van der Waals surface area contributed by atoms with Crippen LogP contribution in [0.1, 0.15) is 42.3 Å². The summed E-state index contributed by atoms with van der Waals surface area (Å²) in [6.45, 7) is 5.90. The fraction of sp³-hybridized carbons (Fsp3) is 0.500. The molecular weight excluding hydrogens is 310 g/mol. The van der Waals surface area contributed by atoms with E-state index in [1.807, 2.05) is 6.92 Å². The van der Waals surface area contributed by atoms with Gasteiger partial charge in [-0.2, -0.15) is 4.98 Å². The summed E-state index contributed by atoms with van der Waals surface area (Å²) < 4.78 is 5.14. The number of aryl methyl sites for hydroxylation is 2. The maximum absolute atomic E-state index is 5.14. The van der Waals surface area contributed by atoms with Crippen LogP contribution in [0.15, 0.2) is 16.9 Å². The molecule has 1 atom stereocenters. The van der Waals surface area contributed by atoms with Crippen molar-refractivity contribution in [2.24, 2.45) is 0 Å². The first-order valence-corrected chi connectivity index (χ1v) is 8.85. The van der Waals surface area contributed by atoms with Gasteiger partial charge >= 0.3 is 0 Å². The Morgan fingerprint density at radius 1 is 1.39 bits per heavy atom. The van der Waals surface area contributed by atoms with Crippen LogP contribution in [0.3, 0.4) is 0 Å². The summed E-state index contributed by atoms with van der Waals surface area (Å²) in [5.41, 5.74) is 0. The zero-order valence-corrected chi connectivity index (χ0v) is 14.1. The molecule has 0 N–H and O–H groups in total. The van der Waals surface area contributed by atoms with Gasteiger partial charge in [-0.15, -0.1) is 11.3 Å². The first-order chi connectivity index (χ1) is 11.2. The predicted octanol–water partition coefficient (Wildman–Crippen LogP) is 3.33. The van der Waals surface area contributed by atoms with Crippen LogP contribution in [-0.2, 0) is 6.42 Å². The van der Waals surface area contributed by atoms with E-state index in [4.69, 9.17) is 4.52 Å². The van der Waals surface area contributed by atoms with Crippen molar-refractivity contribution in [1.82, 2.24) is 20.1 Å². The fourth-order valence-corrected chi connectivity index (χ4v) is 4.11. The summed E-state index contributed by atoms with van der Waals surface area (Å²) in [5.74, 6) is 2.79. The Morgan fingerprint density at radius 3 is 3.09 bits per heavy atom. The highest BCUT2D eigenvalue weighted by Gasteiger charge is 2.27. The average Bonchev–Trinajstić information content (AvgIpc) is 3.20. The number of nitrogens with zero attached hydrogens (tertiary/aromatic N) is 5. The SMILES string of the molecule is CCc1cc2c(N3CCC[C@@H](c4noc(C)n4)C3)ncnc2s1. The summed E-state index contributed by atoms with van der Waals surface area (Å²) in [5, 5.41) is 5.27. The standard InChI is InChI=1S/C16H19N5OS/c1-3-12-7-13-15(17-9-18-16(13)23-12)21-6-4-5-11(8-21)14-19-10(2)22-20-14/h7,9,11H,3-6,8H2,1-2H3/t11-/m1/s1. The van der Waals surface area contributed by atoms with Crippen molar-refractivity contribution in [2.75, 3.05) is 18.0 Å². The molecule has 3 aromatic rings. The molecule has 0 aromatic carbocycles. The summed E-state index contributed by atoms with van der Waals surface area (Å²) in [4.78, 5) is 18.2. The van der Waals surface area contributed by atoms with Gasteiger partial charge in [-0.1, -0.05) is 12.1 Å². The molecule has 0 amide bonds. The first-order valence-electron chi connectivity index (χ1n) is 8.03. The van der Waals surface area contributed by atoms with Crippen LogP contribution in [0.5, 0.6) is 0 Å². The number of aromatic nitrogens is 4. The Balaban J connectivity index is 1.66. The molecule has 23 heavy (non-hydrogen) atoms. The van der Waals surface area contributed by atoms with Gasteiger partial charge in [0, 0.05) is 30.8 Å². The van der Waals surface area contributed by atoms with E-state index in [-0.39, 0.29) is 0 Å². The van der Waals surface area contributed by atoms with E-state index in [0.717, 1.165) is 48.8 Å². The third-order valence-electron chi connectivity index (χ3n) is 4.34. The molecular formula is C16H19N5OS. The Bertz CT molecular complexity index is 827. The van der Waals surface area contributed by atoms with Crippen molar-refractivity contribution in [3.8, 4) is 0 Å². The highest BCUT2D eigenvalue weighted by Crippen LogP contribution is 2.34. The molecule has 0 radical (unpaired) electrons. The first kappa shape index (κ1) is 14.6. The largest absolute Gasteiger partial charge is 0.355 e. The minimum Gasteiger partial charge on any atom is -0.355 e. The lowest BCUT2D eigenvalue weighted by atomic mass is 9.97. The molecule has 0 saturated carbocycles. The van der Waals surface area contributed by atoms with E-state index in [2.05, 4.69) is 38.0 Å². The molecule has 3 aromatic heterocycles. The summed E-state index contributed by atoms with van der Waals surface area (Å²) in [6, 6.07) is 2.23. The van der Waals surface area contributed by atoms with E-state index in [9.17, 15) is 0 Å². The van der Waals surface area contributed by atoms with Crippen molar-refractivity contribution in [1.29, 1.82) is 0 Å². The van der Waals surface area contributed by atoms with Crippen molar-refractivity contribution < 1.29 is 4.52 Å². The molecule has 4 heterocycles. The molecule has 1 aliphatic rings. The second-order valence-electron chi connectivity index (χ2n) is 5.94. The number of hydrogen-bond acceptors (Lipinski definition) is 7. The van der Waals surface area contributed by atoms with E-state index in [0.29, 0.717) is 11.8 Å². The third-order valence-corrected chi connectivity index (χ3v) is 5.52. The Hall–Kier alpha value is -2.02. The van der Waals surface area contributed by atoms with Crippen LogP contribution in [0.4, 0.5) is 5.82 Å². The van der Waals surface area contributed by atoms with Crippen molar-refractivity contribution in [3.05, 3.63) is 29.0 Å². The summed E-state index contributed by atoms with van der Waals surface area (Å²) >= 11 is 1.76. The summed E-state index contributed by atoms with van der Waals surface area (Å²) in [6.07, 6.45) is 4.91. The molecule has 4 rings (SSSR count). The topological polar surface area (TPSA) is 67.9 Å². The molecule has 1 saturated heterocycles. The van der Waals surface area contributed by atoms with Gasteiger partial charge in [-0.05, 0) is 25.3 Å². The van der Waals surface area contributed by atoms with Crippen LogP contribution in [0.25, 0.3) is 10.2 Å². The highest BCUT2D eigenvalue weighted by molar-refractivity contribution is 7.18.